The number of rotatable bonds is 3. The van der Waals surface area contributed by atoms with Crippen molar-refractivity contribution in [1.29, 1.82) is 0 Å². The van der Waals surface area contributed by atoms with Gasteiger partial charge in [0.15, 0.2) is 5.75 Å². The molecule has 0 aliphatic carbocycles. The summed E-state index contributed by atoms with van der Waals surface area (Å²) < 4.78 is 5.96. The summed E-state index contributed by atoms with van der Waals surface area (Å²) in [6, 6.07) is 15.9. The van der Waals surface area contributed by atoms with Gasteiger partial charge in [-0.15, -0.1) is 0 Å². The molecule has 0 saturated carbocycles. The molecule has 0 fully saturated rings. The highest BCUT2D eigenvalue weighted by molar-refractivity contribution is 5.94. The molecule has 1 heterocycles. The first-order valence-electron chi connectivity index (χ1n) is 6.58. The van der Waals surface area contributed by atoms with Crippen molar-refractivity contribution in [3.8, 4) is 11.5 Å². The number of anilines is 1. The van der Waals surface area contributed by atoms with E-state index in [1.165, 1.54) is 5.56 Å². The normalized spacial score (nSPS) is 10.5. The van der Waals surface area contributed by atoms with Crippen molar-refractivity contribution in [2.75, 3.05) is 12.4 Å². The molecule has 0 unspecified atom stereocenters. The summed E-state index contributed by atoms with van der Waals surface area (Å²) in [6.45, 7) is 2.06. The molecule has 0 aliphatic rings. The van der Waals surface area contributed by atoms with Crippen LogP contribution in [0.25, 0.3) is 10.9 Å². The van der Waals surface area contributed by atoms with E-state index < -0.39 is 0 Å². The van der Waals surface area contributed by atoms with Gasteiger partial charge in [0, 0.05) is 24.3 Å². The molecule has 3 rings (SSSR count). The fourth-order valence-electron chi connectivity index (χ4n) is 2.18. The number of pyridine rings is 1. The Labute approximate surface area is 118 Å². The average molecular weight is 264 g/mol. The van der Waals surface area contributed by atoms with Crippen LogP contribution in [0.3, 0.4) is 0 Å². The molecule has 0 saturated heterocycles. The van der Waals surface area contributed by atoms with Gasteiger partial charge in [-0.3, -0.25) is 4.98 Å². The van der Waals surface area contributed by atoms with Gasteiger partial charge in [-0.2, -0.15) is 0 Å². The van der Waals surface area contributed by atoms with Crippen LogP contribution in [-0.4, -0.2) is 12.0 Å². The molecule has 3 nitrogen and oxygen atoms in total. The maximum atomic E-state index is 5.96. The van der Waals surface area contributed by atoms with Crippen molar-refractivity contribution in [3.63, 3.8) is 0 Å². The lowest BCUT2D eigenvalue weighted by Gasteiger charge is -2.10. The van der Waals surface area contributed by atoms with Gasteiger partial charge in [0.1, 0.15) is 11.3 Å². The van der Waals surface area contributed by atoms with Gasteiger partial charge in [0.2, 0.25) is 0 Å². The number of nitrogens with zero attached hydrogens (tertiary/aromatic N) is 1. The molecule has 100 valence electrons. The van der Waals surface area contributed by atoms with Crippen molar-refractivity contribution in [3.05, 3.63) is 60.3 Å². The van der Waals surface area contributed by atoms with E-state index in [1.54, 1.807) is 6.20 Å². The standard InChI is InChI=1S/C17H16N2O/c1-12-6-8-13(9-7-12)20-16-5-3-4-14-15(18-2)10-11-19-17(14)16/h3-11H,1-2H3,(H,18,19). The highest BCUT2D eigenvalue weighted by atomic mass is 16.5. The Morgan fingerprint density at radius 1 is 1.00 bits per heavy atom. The van der Waals surface area contributed by atoms with E-state index in [1.807, 2.05) is 55.6 Å². The monoisotopic (exact) mass is 264 g/mol. The Hall–Kier alpha value is -2.55. The lowest BCUT2D eigenvalue weighted by molar-refractivity contribution is 0.487. The second-order valence-electron chi connectivity index (χ2n) is 4.68. The lowest BCUT2D eigenvalue weighted by Crippen LogP contribution is -1.93. The third kappa shape index (κ3) is 2.30. The van der Waals surface area contributed by atoms with Gasteiger partial charge in [0.05, 0.1) is 0 Å². The Morgan fingerprint density at radius 3 is 2.55 bits per heavy atom. The van der Waals surface area contributed by atoms with Crippen molar-refractivity contribution in [1.82, 2.24) is 4.98 Å². The summed E-state index contributed by atoms with van der Waals surface area (Å²) >= 11 is 0. The molecule has 0 atom stereocenters. The second kappa shape index (κ2) is 5.21. The highest BCUT2D eigenvalue weighted by Crippen LogP contribution is 2.31. The Morgan fingerprint density at radius 2 is 1.80 bits per heavy atom. The summed E-state index contributed by atoms with van der Waals surface area (Å²) in [4.78, 5) is 4.44. The first-order valence-corrected chi connectivity index (χ1v) is 6.58. The number of aromatic nitrogens is 1. The molecule has 1 aromatic heterocycles. The van der Waals surface area contributed by atoms with Gasteiger partial charge < -0.3 is 10.1 Å². The Bertz CT molecular complexity index is 736. The molecule has 2 aromatic carbocycles. The number of benzene rings is 2. The number of ether oxygens (including phenoxy) is 1. The summed E-state index contributed by atoms with van der Waals surface area (Å²) in [7, 11) is 1.91. The van der Waals surface area contributed by atoms with E-state index in [0.717, 1.165) is 28.1 Å². The number of aryl methyl sites for hydroxylation is 1. The number of fused-ring (bicyclic) bond motifs is 1. The van der Waals surface area contributed by atoms with Crippen molar-refractivity contribution >= 4 is 16.6 Å². The molecule has 3 aromatic rings. The Kier molecular flexibility index (Phi) is 3.25. The highest BCUT2D eigenvalue weighted by Gasteiger charge is 2.07. The largest absolute Gasteiger partial charge is 0.455 e. The van der Waals surface area contributed by atoms with Crippen LogP contribution in [0.1, 0.15) is 5.56 Å². The van der Waals surface area contributed by atoms with Crippen LogP contribution in [-0.2, 0) is 0 Å². The third-order valence-corrected chi connectivity index (χ3v) is 3.25. The fraction of sp³-hybridized carbons (Fsp3) is 0.118. The molecular weight excluding hydrogens is 248 g/mol. The van der Waals surface area contributed by atoms with Crippen LogP contribution >= 0.6 is 0 Å². The first kappa shape index (κ1) is 12.5. The molecule has 0 radical (unpaired) electrons. The lowest BCUT2D eigenvalue weighted by atomic mass is 10.1. The molecule has 0 aliphatic heterocycles. The number of para-hydroxylation sites is 1. The molecule has 1 N–H and O–H groups in total. The topological polar surface area (TPSA) is 34.2 Å². The third-order valence-electron chi connectivity index (χ3n) is 3.25. The number of hydrogen-bond acceptors (Lipinski definition) is 3. The van der Waals surface area contributed by atoms with Crippen LogP contribution < -0.4 is 10.1 Å². The zero-order chi connectivity index (χ0) is 13.9. The van der Waals surface area contributed by atoms with Crippen LogP contribution in [0.5, 0.6) is 11.5 Å². The molecule has 3 heteroatoms. The van der Waals surface area contributed by atoms with Crippen molar-refractivity contribution in [2.24, 2.45) is 0 Å². The molecule has 20 heavy (non-hydrogen) atoms. The quantitative estimate of drug-likeness (QED) is 0.762. The van der Waals surface area contributed by atoms with Gasteiger partial charge in [-0.25, -0.2) is 0 Å². The zero-order valence-corrected chi connectivity index (χ0v) is 11.6. The molecule has 0 amide bonds. The predicted octanol–water partition coefficient (Wildman–Crippen LogP) is 4.38. The minimum absolute atomic E-state index is 0.767. The van der Waals surface area contributed by atoms with E-state index >= 15 is 0 Å². The van der Waals surface area contributed by atoms with Crippen molar-refractivity contribution in [2.45, 2.75) is 6.92 Å². The van der Waals surface area contributed by atoms with Gasteiger partial charge in [-0.1, -0.05) is 29.8 Å². The fourth-order valence-corrected chi connectivity index (χ4v) is 2.18. The SMILES string of the molecule is CNc1ccnc2c(Oc3ccc(C)cc3)cccc12. The second-order valence-corrected chi connectivity index (χ2v) is 4.68. The maximum absolute atomic E-state index is 5.96. The minimum Gasteiger partial charge on any atom is -0.455 e. The van der Waals surface area contributed by atoms with Gasteiger partial charge >= 0.3 is 0 Å². The molecule has 0 bridgehead atoms. The maximum Gasteiger partial charge on any atom is 0.153 e. The van der Waals surface area contributed by atoms with Crippen LogP contribution in [0.4, 0.5) is 5.69 Å². The Balaban J connectivity index is 2.05. The van der Waals surface area contributed by atoms with E-state index in [9.17, 15) is 0 Å². The van der Waals surface area contributed by atoms with E-state index in [0.29, 0.717) is 0 Å². The predicted molar refractivity (Wildman–Crippen MR) is 82.5 cm³/mol. The van der Waals surface area contributed by atoms with E-state index in [2.05, 4.69) is 17.2 Å². The summed E-state index contributed by atoms with van der Waals surface area (Å²) in [5.41, 5.74) is 3.12. The van der Waals surface area contributed by atoms with E-state index in [-0.39, 0.29) is 0 Å². The number of nitrogens with one attached hydrogen (secondary N) is 1. The van der Waals surface area contributed by atoms with E-state index in [4.69, 9.17) is 4.74 Å². The first-order chi connectivity index (χ1) is 9.78. The summed E-state index contributed by atoms with van der Waals surface area (Å²) in [5.74, 6) is 1.59. The smallest absolute Gasteiger partial charge is 0.153 e. The minimum atomic E-state index is 0.767. The zero-order valence-electron chi connectivity index (χ0n) is 11.6. The molecule has 0 spiro atoms. The van der Waals surface area contributed by atoms with Gasteiger partial charge in [-0.05, 0) is 31.2 Å². The number of hydrogen-bond donors (Lipinski definition) is 1. The molecular formula is C17H16N2O. The van der Waals surface area contributed by atoms with Crippen LogP contribution in [0.15, 0.2) is 54.7 Å². The summed E-state index contributed by atoms with van der Waals surface area (Å²) in [6.07, 6.45) is 1.79. The van der Waals surface area contributed by atoms with Crippen molar-refractivity contribution < 1.29 is 4.74 Å². The summed E-state index contributed by atoms with van der Waals surface area (Å²) in [5, 5.41) is 4.23. The van der Waals surface area contributed by atoms with Crippen LogP contribution in [0, 0.1) is 6.92 Å². The average Bonchev–Trinajstić information content (AvgIpc) is 2.49. The van der Waals surface area contributed by atoms with Crippen LogP contribution in [0.2, 0.25) is 0 Å². The van der Waals surface area contributed by atoms with Gasteiger partial charge in [0.25, 0.3) is 0 Å².